The van der Waals surface area contributed by atoms with E-state index < -0.39 is 0 Å². The van der Waals surface area contributed by atoms with Crippen LogP contribution in [-0.4, -0.2) is 0 Å². The molecule has 0 aliphatic heterocycles. The highest BCUT2D eigenvalue weighted by atomic mass is 14.5. The largest absolute Gasteiger partial charge is 0.0845 e. The molecule has 1 saturated carbocycles. The fourth-order valence-electron chi connectivity index (χ4n) is 3.27. The van der Waals surface area contributed by atoms with E-state index in [2.05, 4.69) is 26.8 Å². The third-order valence-electron chi connectivity index (χ3n) is 4.72. The van der Waals surface area contributed by atoms with Crippen LogP contribution in [0.25, 0.3) is 0 Å². The van der Waals surface area contributed by atoms with Crippen molar-refractivity contribution < 1.29 is 0 Å². The van der Waals surface area contributed by atoms with E-state index in [9.17, 15) is 0 Å². The maximum absolute atomic E-state index is 2.55. The van der Waals surface area contributed by atoms with Crippen LogP contribution in [-0.2, 0) is 0 Å². The normalized spacial score (nSPS) is 45.3. The van der Waals surface area contributed by atoms with Crippen molar-refractivity contribution in [1.29, 1.82) is 0 Å². The van der Waals surface area contributed by atoms with E-state index in [4.69, 9.17) is 0 Å². The second-order valence-corrected chi connectivity index (χ2v) is 5.36. The van der Waals surface area contributed by atoms with Crippen LogP contribution in [0, 0.1) is 17.3 Å². The molecular weight excluding hydrogens is 156 g/mol. The molecule has 0 spiro atoms. The molecule has 0 aromatic rings. The molecule has 0 unspecified atom stereocenters. The van der Waals surface area contributed by atoms with E-state index in [-0.39, 0.29) is 0 Å². The third kappa shape index (κ3) is 1.35. The predicted molar refractivity (Wildman–Crippen MR) is 57.6 cm³/mol. The predicted octanol–water partition coefficient (Wildman–Crippen LogP) is 4.17. The molecule has 0 amide bonds. The summed E-state index contributed by atoms with van der Waals surface area (Å²) in [5, 5.41) is 0. The van der Waals surface area contributed by atoms with E-state index in [1.165, 1.54) is 32.1 Å². The molecule has 0 bridgehead atoms. The first-order chi connectivity index (χ1) is 6.14. The maximum atomic E-state index is 2.55. The van der Waals surface area contributed by atoms with E-state index >= 15 is 0 Å². The Kier molecular flexibility index (Phi) is 2.25. The van der Waals surface area contributed by atoms with E-state index in [0.717, 1.165) is 11.8 Å². The fourth-order valence-corrected chi connectivity index (χ4v) is 3.27. The molecule has 2 aliphatic carbocycles. The quantitative estimate of drug-likeness (QED) is 0.488. The number of hydrogen-bond donors (Lipinski definition) is 0. The van der Waals surface area contributed by atoms with Crippen LogP contribution >= 0.6 is 0 Å². The summed E-state index contributed by atoms with van der Waals surface area (Å²) < 4.78 is 0. The molecule has 0 radical (unpaired) electrons. The second-order valence-electron chi connectivity index (χ2n) is 5.36. The van der Waals surface area contributed by atoms with Crippen LogP contribution in [0.1, 0.15) is 52.9 Å². The monoisotopic (exact) mass is 178 g/mol. The Labute approximate surface area is 82.4 Å². The van der Waals surface area contributed by atoms with Crippen LogP contribution in [0.5, 0.6) is 0 Å². The molecule has 1 fully saturated rings. The zero-order valence-electron chi connectivity index (χ0n) is 9.27. The minimum absolute atomic E-state index is 0.565. The van der Waals surface area contributed by atoms with Gasteiger partial charge in [0.15, 0.2) is 0 Å². The first-order valence-corrected chi connectivity index (χ1v) is 5.84. The lowest BCUT2D eigenvalue weighted by Crippen LogP contribution is -2.36. The van der Waals surface area contributed by atoms with Crippen molar-refractivity contribution in [1.82, 2.24) is 0 Å². The van der Waals surface area contributed by atoms with Gasteiger partial charge >= 0.3 is 0 Å². The van der Waals surface area contributed by atoms with Gasteiger partial charge in [0.25, 0.3) is 0 Å². The standard InChI is InChI=1S/C13H22/c1-10-7-8-12-6-4-5-9-13(12,3)11(10)2/h8,10-11H,4-7,9H2,1-3H3/t10-,11+,13+/m0/s1. The van der Waals surface area contributed by atoms with Crippen molar-refractivity contribution in [2.75, 3.05) is 0 Å². The Morgan fingerprint density at radius 1 is 1.31 bits per heavy atom. The van der Waals surface area contributed by atoms with Gasteiger partial charge in [0.05, 0.1) is 0 Å². The minimum Gasteiger partial charge on any atom is -0.0845 e. The summed E-state index contributed by atoms with van der Waals surface area (Å²) in [4.78, 5) is 0. The molecule has 0 N–H and O–H groups in total. The third-order valence-corrected chi connectivity index (χ3v) is 4.72. The zero-order valence-corrected chi connectivity index (χ0v) is 9.27. The highest BCUT2D eigenvalue weighted by molar-refractivity contribution is 5.20. The van der Waals surface area contributed by atoms with Crippen LogP contribution in [0.3, 0.4) is 0 Å². The number of hydrogen-bond acceptors (Lipinski definition) is 0. The summed E-state index contributed by atoms with van der Waals surface area (Å²) in [6.07, 6.45) is 9.57. The molecule has 0 saturated heterocycles. The Balaban J connectivity index is 2.30. The van der Waals surface area contributed by atoms with Gasteiger partial charge in [-0.05, 0) is 42.9 Å². The van der Waals surface area contributed by atoms with Gasteiger partial charge in [0, 0.05) is 0 Å². The van der Waals surface area contributed by atoms with Crippen molar-refractivity contribution in [3.05, 3.63) is 11.6 Å². The van der Waals surface area contributed by atoms with E-state index in [1.807, 2.05) is 0 Å². The van der Waals surface area contributed by atoms with Crippen LogP contribution in [0.2, 0.25) is 0 Å². The number of allylic oxidation sites excluding steroid dienone is 2. The van der Waals surface area contributed by atoms with E-state index in [1.54, 1.807) is 5.57 Å². The average molecular weight is 178 g/mol. The van der Waals surface area contributed by atoms with Crippen molar-refractivity contribution in [2.45, 2.75) is 52.9 Å². The van der Waals surface area contributed by atoms with Gasteiger partial charge in [-0.1, -0.05) is 38.8 Å². The average Bonchev–Trinajstić information content (AvgIpc) is 2.13. The summed E-state index contributed by atoms with van der Waals surface area (Å²) >= 11 is 0. The molecule has 2 aliphatic rings. The lowest BCUT2D eigenvalue weighted by molar-refractivity contribution is 0.133. The minimum atomic E-state index is 0.565. The van der Waals surface area contributed by atoms with Gasteiger partial charge in [-0.15, -0.1) is 0 Å². The Bertz CT molecular complexity index is 226. The van der Waals surface area contributed by atoms with E-state index in [0.29, 0.717) is 5.41 Å². The van der Waals surface area contributed by atoms with Gasteiger partial charge in [0.1, 0.15) is 0 Å². The van der Waals surface area contributed by atoms with Crippen molar-refractivity contribution >= 4 is 0 Å². The Hall–Kier alpha value is -0.260. The van der Waals surface area contributed by atoms with Crippen LogP contribution in [0.15, 0.2) is 11.6 Å². The van der Waals surface area contributed by atoms with Crippen LogP contribution < -0.4 is 0 Å². The summed E-state index contributed by atoms with van der Waals surface area (Å²) in [5.74, 6) is 1.79. The second kappa shape index (κ2) is 3.15. The zero-order chi connectivity index (χ0) is 9.47. The topological polar surface area (TPSA) is 0 Å². The molecular formula is C13H22. The Morgan fingerprint density at radius 2 is 2.08 bits per heavy atom. The van der Waals surface area contributed by atoms with Gasteiger partial charge in [-0.2, -0.15) is 0 Å². The Morgan fingerprint density at radius 3 is 2.85 bits per heavy atom. The lowest BCUT2D eigenvalue weighted by atomic mass is 9.58. The summed E-state index contributed by atoms with van der Waals surface area (Å²) in [7, 11) is 0. The van der Waals surface area contributed by atoms with Gasteiger partial charge in [-0.3, -0.25) is 0 Å². The summed E-state index contributed by atoms with van der Waals surface area (Å²) in [6, 6.07) is 0. The lowest BCUT2D eigenvalue weighted by Gasteiger charge is -2.47. The van der Waals surface area contributed by atoms with Gasteiger partial charge in [-0.25, -0.2) is 0 Å². The molecule has 3 atom stereocenters. The molecule has 74 valence electrons. The highest BCUT2D eigenvalue weighted by Gasteiger charge is 2.40. The number of fused-ring (bicyclic) bond motifs is 1. The highest BCUT2D eigenvalue weighted by Crippen LogP contribution is 2.51. The van der Waals surface area contributed by atoms with Crippen molar-refractivity contribution in [3.8, 4) is 0 Å². The fraction of sp³-hybridized carbons (Fsp3) is 0.846. The SMILES string of the molecule is C[C@@H]1[C@@H](C)CC=C2CCCC[C@@]21C. The first-order valence-electron chi connectivity index (χ1n) is 5.84. The van der Waals surface area contributed by atoms with Gasteiger partial charge < -0.3 is 0 Å². The maximum Gasteiger partial charge on any atom is -0.00881 e. The van der Waals surface area contributed by atoms with Crippen molar-refractivity contribution in [3.63, 3.8) is 0 Å². The van der Waals surface area contributed by atoms with Crippen LogP contribution in [0.4, 0.5) is 0 Å². The molecule has 0 heterocycles. The molecule has 0 heteroatoms. The van der Waals surface area contributed by atoms with Crippen molar-refractivity contribution in [2.24, 2.45) is 17.3 Å². The first kappa shape index (κ1) is 9.30. The summed E-state index contributed by atoms with van der Waals surface area (Å²) in [5.41, 5.74) is 2.35. The molecule has 0 aromatic heterocycles. The molecule has 2 rings (SSSR count). The molecule has 13 heavy (non-hydrogen) atoms. The van der Waals surface area contributed by atoms with Gasteiger partial charge in [0.2, 0.25) is 0 Å². The molecule has 0 aromatic carbocycles. The molecule has 0 nitrogen and oxygen atoms in total. The smallest absolute Gasteiger partial charge is 0.00881 e. The number of rotatable bonds is 0. The summed E-state index contributed by atoms with van der Waals surface area (Å²) in [6.45, 7) is 7.37.